The smallest absolute Gasteiger partial charge is 0.489 e. The highest BCUT2D eigenvalue weighted by atomic mass is 32.1. The summed E-state index contributed by atoms with van der Waals surface area (Å²) in [4.78, 5) is 0. The molecule has 0 atom stereocenters. The fraction of sp³-hybridized carbons (Fsp3) is 0.111. The zero-order valence-corrected chi connectivity index (χ0v) is 8.38. The van der Waals surface area contributed by atoms with Crippen molar-refractivity contribution in [2.24, 2.45) is 0 Å². The molecule has 1 aromatic carbocycles. The molecule has 3 nitrogen and oxygen atoms in total. The molecule has 0 saturated heterocycles. The summed E-state index contributed by atoms with van der Waals surface area (Å²) in [5.41, 5.74) is 1.31. The van der Waals surface area contributed by atoms with Crippen molar-refractivity contribution >= 4 is 34.0 Å². The van der Waals surface area contributed by atoms with Gasteiger partial charge in [0.05, 0.1) is 0 Å². The van der Waals surface area contributed by atoms with E-state index in [0.717, 1.165) is 10.3 Å². The fourth-order valence-corrected chi connectivity index (χ4v) is 2.48. The van der Waals surface area contributed by atoms with E-state index in [1.807, 2.05) is 13.0 Å². The lowest BCUT2D eigenvalue weighted by Crippen LogP contribution is -2.30. The average molecular weight is 208 g/mol. The van der Waals surface area contributed by atoms with Gasteiger partial charge in [0.15, 0.2) is 0 Å². The van der Waals surface area contributed by atoms with Gasteiger partial charge in [-0.2, -0.15) is 0 Å². The molecular formula is C9H9BO3S. The molecule has 0 aliphatic carbocycles. The summed E-state index contributed by atoms with van der Waals surface area (Å²) in [5, 5.41) is 29.9. The largest absolute Gasteiger partial charge is 0.506 e. The summed E-state index contributed by atoms with van der Waals surface area (Å²) in [6, 6.07) is 3.57. The van der Waals surface area contributed by atoms with E-state index in [1.54, 1.807) is 11.4 Å². The summed E-state index contributed by atoms with van der Waals surface area (Å²) in [7, 11) is -1.54. The molecule has 0 spiro atoms. The number of aromatic hydroxyl groups is 1. The standard InChI is InChI=1S/C9H9BO3S/c1-5-2-6(10(12)13)9-7(11)4-14-8(9)3-5/h2-4,11-13H,1H3. The molecule has 0 radical (unpaired) electrons. The van der Waals surface area contributed by atoms with E-state index < -0.39 is 7.12 Å². The second-order valence-corrected chi connectivity index (χ2v) is 4.13. The maximum Gasteiger partial charge on any atom is 0.489 e. The number of benzene rings is 1. The van der Waals surface area contributed by atoms with Crippen molar-refractivity contribution in [2.75, 3.05) is 0 Å². The quantitative estimate of drug-likeness (QED) is 0.601. The molecule has 72 valence electrons. The van der Waals surface area contributed by atoms with Gasteiger partial charge in [-0.25, -0.2) is 0 Å². The molecule has 2 rings (SSSR count). The van der Waals surface area contributed by atoms with Gasteiger partial charge in [-0.1, -0.05) is 11.6 Å². The summed E-state index contributed by atoms with van der Waals surface area (Å²) in [5.74, 6) is 0.105. The molecule has 2 aromatic rings. The Kier molecular flexibility index (Phi) is 2.22. The van der Waals surface area contributed by atoms with Gasteiger partial charge in [0.25, 0.3) is 0 Å². The third kappa shape index (κ3) is 1.39. The van der Waals surface area contributed by atoms with Crippen molar-refractivity contribution in [3.8, 4) is 5.75 Å². The van der Waals surface area contributed by atoms with Gasteiger partial charge < -0.3 is 15.2 Å². The van der Waals surface area contributed by atoms with Crippen molar-refractivity contribution in [1.82, 2.24) is 0 Å². The minimum absolute atomic E-state index is 0.105. The zero-order valence-electron chi connectivity index (χ0n) is 7.56. The van der Waals surface area contributed by atoms with Crippen LogP contribution >= 0.6 is 11.3 Å². The molecule has 0 unspecified atom stereocenters. The highest BCUT2D eigenvalue weighted by molar-refractivity contribution is 7.17. The van der Waals surface area contributed by atoms with E-state index >= 15 is 0 Å². The predicted molar refractivity (Wildman–Crippen MR) is 58.1 cm³/mol. The Hall–Kier alpha value is -1.04. The van der Waals surface area contributed by atoms with Crippen LogP contribution in [0.1, 0.15) is 5.56 Å². The lowest BCUT2D eigenvalue weighted by atomic mass is 9.77. The Morgan fingerprint density at radius 3 is 2.64 bits per heavy atom. The first-order valence-corrected chi connectivity index (χ1v) is 5.04. The van der Waals surface area contributed by atoms with E-state index in [2.05, 4.69) is 0 Å². The molecule has 0 fully saturated rings. The second-order valence-electron chi connectivity index (χ2n) is 3.22. The van der Waals surface area contributed by atoms with Crippen LogP contribution in [0.3, 0.4) is 0 Å². The van der Waals surface area contributed by atoms with E-state index in [1.165, 1.54) is 11.3 Å². The van der Waals surface area contributed by atoms with E-state index in [-0.39, 0.29) is 5.75 Å². The third-order valence-electron chi connectivity index (χ3n) is 2.11. The Morgan fingerprint density at radius 2 is 2.00 bits per heavy atom. The fourth-order valence-electron chi connectivity index (χ4n) is 1.53. The molecule has 3 N–H and O–H groups in total. The first-order chi connectivity index (χ1) is 6.59. The maximum absolute atomic E-state index is 9.52. The van der Waals surface area contributed by atoms with Gasteiger partial charge in [0, 0.05) is 15.5 Å². The number of fused-ring (bicyclic) bond motifs is 1. The number of thiophene rings is 1. The van der Waals surface area contributed by atoms with E-state index in [0.29, 0.717) is 10.8 Å². The molecule has 0 aliphatic heterocycles. The van der Waals surface area contributed by atoms with Crippen LogP contribution in [-0.4, -0.2) is 22.3 Å². The van der Waals surface area contributed by atoms with Gasteiger partial charge in [-0.05, 0) is 18.5 Å². The van der Waals surface area contributed by atoms with Gasteiger partial charge in [0.2, 0.25) is 0 Å². The highest BCUT2D eigenvalue weighted by Crippen LogP contribution is 2.30. The maximum atomic E-state index is 9.52. The van der Waals surface area contributed by atoms with Gasteiger partial charge in [0.1, 0.15) is 5.75 Å². The molecule has 0 bridgehead atoms. The van der Waals surface area contributed by atoms with Gasteiger partial charge in [-0.15, -0.1) is 11.3 Å². The first kappa shape index (κ1) is 9.52. The molecule has 0 amide bonds. The van der Waals surface area contributed by atoms with Crippen molar-refractivity contribution in [1.29, 1.82) is 0 Å². The van der Waals surface area contributed by atoms with Crippen LogP contribution in [-0.2, 0) is 0 Å². The van der Waals surface area contributed by atoms with Gasteiger partial charge in [-0.3, -0.25) is 0 Å². The normalized spacial score (nSPS) is 10.8. The summed E-state index contributed by atoms with van der Waals surface area (Å²) in [6.07, 6.45) is 0. The van der Waals surface area contributed by atoms with Crippen molar-refractivity contribution in [3.63, 3.8) is 0 Å². The van der Waals surface area contributed by atoms with E-state index in [4.69, 9.17) is 10.0 Å². The average Bonchev–Trinajstić information content (AvgIpc) is 2.46. The predicted octanol–water partition coefficient (Wildman–Crippen LogP) is 0.595. The number of hydrogen-bond donors (Lipinski definition) is 3. The van der Waals surface area contributed by atoms with E-state index in [9.17, 15) is 5.11 Å². The van der Waals surface area contributed by atoms with Crippen LogP contribution in [0, 0.1) is 6.92 Å². The SMILES string of the molecule is Cc1cc(B(O)O)c2c(O)csc2c1. The zero-order chi connectivity index (χ0) is 10.3. The van der Waals surface area contributed by atoms with Crippen molar-refractivity contribution < 1.29 is 15.2 Å². The molecule has 1 heterocycles. The number of aryl methyl sites for hydroxylation is 1. The molecule has 1 aromatic heterocycles. The van der Waals surface area contributed by atoms with Crippen molar-refractivity contribution in [2.45, 2.75) is 6.92 Å². The molecule has 5 heteroatoms. The minimum atomic E-state index is -1.54. The minimum Gasteiger partial charge on any atom is -0.506 e. The Morgan fingerprint density at radius 1 is 1.29 bits per heavy atom. The topological polar surface area (TPSA) is 60.7 Å². The van der Waals surface area contributed by atoms with Crippen LogP contribution in [0.15, 0.2) is 17.5 Å². The molecule has 14 heavy (non-hydrogen) atoms. The lowest BCUT2D eigenvalue weighted by molar-refractivity contribution is 0.425. The van der Waals surface area contributed by atoms with Crippen LogP contribution in [0.4, 0.5) is 0 Å². The van der Waals surface area contributed by atoms with Crippen LogP contribution in [0.5, 0.6) is 5.75 Å². The van der Waals surface area contributed by atoms with Crippen LogP contribution in [0.25, 0.3) is 10.1 Å². The second kappa shape index (κ2) is 3.27. The number of hydrogen-bond acceptors (Lipinski definition) is 4. The number of rotatable bonds is 1. The highest BCUT2D eigenvalue weighted by Gasteiger charge is 2.18. The van der Waals surface area contributed by atoms with Gasteiger partial charge >= 0.3 is 7.12 Å². The Balaban J connectivity index is 2.83. The van der Waals surface area contributed by atoms with Crippen LogP contribution in [0.2, 0.25) is 0 Å². The Labute approximate surface area is 85.4 Å². The third-order valence-corrected chi connectivity index (χ3v) is 3.03. The lowest BCUT2D eigenvalue weighted by Gasteiger charge is -2.04. The first-order valence-electron chi connectivity index (χ1n) is 4.16. The van der Waals surface area contributed by atoms with Crippen molar-refractivity contribution in [3.05, 3.63) is 23.1 Å². The molecule has 0 aliphatic rings. The van der Waals surface area contributed by atoms with Crippen LogP contribution < -0.4 is 5.46 Å². The summed E-state index contributed by atoms with van der Waals surface area (Å²) >= 11 is 1.39. The monoisotopic (exact) mass is 208 g/mol. The summed E-state index contributed by atoms with van der Waals surface area (Å²) in [6.45, 7) is 1.88. The summed E-state index contributed by atoms with van der Waals surface area (Å²) < 4.78 is 0.866. The Bertz CT molecular complexity index is 478. The molecular weight excluding hydrogens is 199 g/mol. The molecule has 0 saturated carbocycles.